The maximum atomic E-state index is 4.01. The maximum absolute atomic E-state index is 4.01. The van der Waals surface area contributed by atoms with Crippen molar-refractivity contribution >= 4 is 0 Å². The van der Waals surface area contributed by atoms with E-state index in [-0.39, 0.29) is 0 Å². The molecule has 0 spiro atoms. The quantitative estimate of drug-likeness (QED) is 0.286. The van der Waals surface area contributed by atoms with Crippen molar-refractivity contribution in [2.75, 3.05) is 0 Å². The molecular weight excluding hydrogens is 304 g/mol. The van der Waals surface area contributed by atoms with E-state index in [4.69, 9.17) is 0 Å². The molecule has 0 saturated heterocycles. The van der Waals surface area contributed by atoms with Crippen LogP contribution in [0.1, 0.15) is 129 Å². The summed E-state index contributed by atoms with van der Waals surface area (Å²) in [5.41, 5.74) is 0. The zero-order valence-electron chi connectivity index (χ0n) is 17.2. The van der Waals surface area contributed by atoms with Crippen molar-refractivity contribution < 1.29 is 0 Å². The Hall–Kier alpha value is -0.0800. The maximum Gasteiger partial charge on any atom is 0.0575 e. The first kappa shape index (κ1) is 21.2. The average molecular weight is 351 g/mol. The molecule has 0 aliphatic heterocycles. The summed E-state index contributed by atoms with van der Waals surface area (Å²) in [6.07, 6.45) is 27.6. The predicted molar refractivity (Wildman–Crippen MR) is 111 cm³/mol. The van der Waals surface area contributed by atoms with Gasteiger partial charge in [-0.25, -0.2) is 0 Å². The highest BCUT2D eigenvalue weighted by molar-refractivity contribution is 4.80. The van der Waals surface area contributed by atoms with Gasteiger partial charge in [0.15, 0.2) is 0 Å². The van der Waals surface area contributed by atoms with Gasteiger partial charge in [0.25, 0.3) is 0 Å². The molecule has 148 valence electrons. The Morgan fingerprint density at radius 2 is 1.04 bits per heavy atom. The molecule has 2 saturated carbocycles. The molecule has 2 aliphatic carbocycles. The van der Waals surface area contributed by atoms with Crippen LogP contribution in [0.15, 0.2) is 0 Å². The fourth-order valence-electron chi connectivity index (χ4n) is 4.80. The van der Waals surface area contributed by atoms with Gasteiger partial charge in [-0.2, -0.15) is 0 Å². The summed E-state index contributed by atoms with van der Waals surface area (Å²) in [6, 6.07) is 1.56. The fourth-order valence-corrected chi connectivity index (χ4v) is 4.80. The summed E-state index contributed by atoms with van der Waals surface area (Å²) in [6.45, 7) is 2.30. The summed E-state index contributed by atoms with van der Waals surface area (Å²) in [5.74, 6) is 0. The van der Waals surface area contributed by atoms with E-state index in [1.54, 1.807) is 0 Å². The van der Waals surface area contributed by atoms with Gasteiger partial charge >= 0.3 is 0 Å². The third-order valence-corrected chi connectivity index (χ3v) is 6.43. The van der Waals surface area contributed by atoms with Gasteiger partial charge in [0.05, 0.1) is 6.17 Å². The molecular formula is C23H46N2. The minimum absolute atomic E-state index is 0.575. The topological polar surface area (TPSA) is 24.1 Å². The Morgan fingerprint density at radius 3 is 1.52 bits per heavy atom. The molecule has 2 nitrogen and oxygen atoms in total. The second-order valence-electron chi connectivity index (χ2n) is 8.82. The molecule has 25 heavy (non-hydrogen) atoms. The Balaban J connectivity index is 1.62. The molecule has 0 heterocycles. The lowest BCUT2D eigenvalue weighted by atomic mass is 9.93. The van der Waals surface area contributed by atoms with E-state index in [1.807, 2.05) is 0 Å². The molecule has 2 N–H and O–H groups in total. The Kier molecular flexibility index (Phi) is 11.9. The van der Waals surface area contributed by atoms with E-state index in [1.165, 1.54) is 122 Å². The van der Waals surface area contributed by atoms with Crippen LogP contribution in [-0.2, 0) is 0 Å². The number of hydrogen-bond donors (Lipinski definition) is 2. The van der Waals surface area contributed by atoms with Crippen LogP contribution < -0.4 is 10.6 Å². The van der Waals surface area contributed by atoms with Gasteiger partial charge in [-0.3, -0.25) is 10.6 Å². The number of nitrogens with one attached hydrogen (secondary N) is 2. The Morgan fingerprint density at radius 1 is 0.600 bits per heavy atom. The Labute approximate surface area is 158 Å². The summed E-state index contributed by atoms with van der Waals surface area (Å²) in [7, 11) is 0. The molecule has 0 radical (unpaired) electrons. The predicted octanol–water partition coefficient (Wildman–Crippen LogP) is 6.69. The molecule has 2 aliphatic rings. The van der Waals surface area contributed by atoms with Crippen molar-refractivity contribution in [2.24, 2.45) is 0 Å². The molecule has 0 aromatic heterocycles. The standard InChI is InChI=1S/C23H46N2/c1-2-3-4-5-6-7-8-15-20-23(24-21-16-11-9-12-17-21)25-22-18-13-10-14-19-22/h21-25H,2-20H2,1H3. The lowest BCUT2D eigenvalue weighted by Crippen LogP contribution is -2.51. The van der Waals surface area contributed by atoms with E-state index in [0.717, 1.165) is 12.1 Å². The van der Waals surface area contributed by atoms with Crippen LogP contribution in [0.3, 0.4) is 0 Å². The smallest absolute Gasteiger partial charge is 0.0575 e. The van der Waals surface area contributed by atoms with E-state index in [9.17, 15) is 0 Å². The molecule has 2 heteroatoms. The zero-order valence-corrected chi connectivity index (χ0v) is 17.2. The highest BCUT2D eigenvalue weighted by Gasteiger charge is 2.21. The average Bonchev–Trinajstić information content (AvgIpc) is 2.65. The van der Waals surface area contributed by atoms with Crippen LogP contribution in [0.4, 0.5) is 0 Å². The summed E-state index contributed by atoms with van der Waals surface area (Å²) >= 11 is 0. The van der Waals surface area contributed by atoms with Gasteiger partial charge < -0.3 is 0 Å². The summed E-state index contributed by atoms with van der Waals surface area (Å²) < 4.78 is 0. The second-order valence-corrected chi connectivity index (χ2v) is 8.82. The van der Waals surface area contributed by atoms with Gasteiger partial charge in [-0.05, 0) is 32.1 Å². The molecule has 2 rings (SSSR count). The largest absolute Gasteiger partial charge is 0.299 e. The number of hydrogen-bond acceptors (Lipinski definition) is 2. The highest BCUT2D eigenvalue weighted by atomic mass is 15.1. The van der Waals surface area contributed by atoms with Crippen molar-refractivity contribution in [2.45, 2.75) is 147 Å². The SMILES string of the molecule is CCCCCCCCCCC(NC1CCCCC1)NC1CCCCC1. The summed E-state index contributed by atoms with van der Waals surface area (Å²) in [4.78, 5) is 0. The molecule has 0 atom stereocenters. The first-order valence-corrected chi connectivity index (χ1v) is 11.9. The normalized spacial score (nSPS) is 20.4. The monoisotopic (exact) mass is 350 g/mol. The molecule has 0 aromatic carbocycles. The van der Waals surface area contributed by atoms with Gasteiger partial charge in [0, 0.05) is 12.1 Å². The van der Waals surface area contributed by atoms with Crippen molar-refractivity contribution in [1.29, 1.82) is 0 Å². The van der Waals surface area contributed by atoms with E-state index in [2.05, 4.69) is 17.6 Å². The van der Waals surface area contributed by atoms with E-state index < -0.39 is 0 Å². The van der Waals surface area contributed by atoms with E-state index >= 15 is 0 Å². The molecule has 0 amide bonds. The van der Waals surface area contributed by atoms with Crippen molar-refractivity contribution in [3.8, 4) is 0 Å². The minimum atomic E-state index is 0.575. The lowest BCUT2D eigenvalue weighted by Gasteiger charge is -2.33. The van der Waals surface area contributed by atoms with Crippen molar-refractivity contribution in [3.63, 3.8) is 0 Å². The second kappa shape index (κ2) is 14.0. The van der Waals surface area contributed by atoms with Crippen LogP contribution in [0.25, 0.3) is 0 Å². The molecule has 2 fully saturated rings. The lowest BCUT2D eigenvalue weighted by molar-refractivity contribution is 0.251. The van der Waals surface area contributed by atoms with E-state index in [0.29, 0.717) is 6.17 Å². The van der Waals surface area contributed by atoms with Crippen LogP contribution in [-0.4, -0.2) is 18.2 Å². The number of rotatable bonds is 13. The Bertz CT molecular complexity index is 272. The molecule has 0 aromatic rings. The van der Waals surface area contributed by atoms with Crippen molar-refractivity contribution in [1.82, 2.24) is 10.6 Å². The van der Waals surface area contributed by atoms with Gasteiger partial charge in [-0.1, -0.05) is 96.8 Å². The fraction of sp³-hybridized carbons (Fsp3) is 1.00. The first-order chi connectivity index (χ1) is 12.4. The van der Waals surface area contributed by atoms with Crippen molar-refractivity contribution in [3.05, 3.63) is 0 Å². The minimum Gasteiger partial charge on any atom is -0.299 e. The van der Waals surface area contributed by atoms with Crippen LogP contribution in [0, 0.1) is 0 Å². The highest BCUT2D eigenvalue weighted by Crippen LogP contribution is 2.21. The van der Waals surface area contributed by atoms with Crippen LogP contribution in [0.2, 0.25) is 0 Å². The molecule has 0 bridgehead atoms. The number of unbranched alkanes of at least 4 members (excludes halogenated alkanes) is 7. The van der Waals surface area contributed by atoms with Crippen LogP contribution in [0.5, 0.6) is 0 Å². The van der Waals surface area contributed by atoms with Gasteiger partial charge in [-0.15, -0.1) is 0 Å². The third-order valence-electron chi connectivity index (χ3n) is 6.43. The zero-order chi connectivity index (χ0) is 17.6. The van der Waals surface area contributed by atoms with Gasteiger partial charge in [0.2, 0.25) is 0 Å². The third kappa shape index (κ3) is 9.99. The first-order valence-electron chi connectivity index (χ1n) is 11.9. The molecule has 0 unspecified atom stereocenters. The van der Waals surface area contributed by atoms with Gasteiger partial charge in [0.1, 0.15) is 0 Å². The summed E-state index contributed by atoms with van der Waals surface area (Å²) in [5, 5.41) is 8.02. The van der Waals surface area contributed by atoms with Crippen LogP contribution >= 0.6 is 0 Å².